The highest BCUT2D eigenvalue weighted by molar-refractivity contribution is 6.14. The number of nitrogens with zero attached hydrogens (tertiary/aromatic N) is 2. The van der Waals surface area contributed by atoms with Gasteiger partial charge in [-0.05, 0) is 32.9 Å². The van der Waals surface area contributed by atoms with Crippen LogP contribution >= 0.6 is 0 Å². The van der Waals surface area contributed by atoms with Gasteiger partial charge in [0.15, 0.2) is 5.76 Å². The number of nitrogens with two attached hydrogens (primary N) is 1. The van der Waals surface area contributed by atoms with Crippen LogP contribution in [-0.2, 0) is 11.3 Å². The smallest absolute Gasteiger partial charge is 0.408 e. The van der Waals surface area contributed by atoms with E-state index in [0.717, 1.165) is 0 Å². The zero-order valence-corrected chi connectivity index (χ0v) is 14.6. The first-order chi connectivity index (χ1) is 11.7. The average molecular weight is 346 g/mol. The van der Waals surface area contributed by atoms with Gasteiger partial charge in [0.2, 0.25) is 0 Å². The van der Waals surface area contributed by atoms with Gasteiger partial charge in [-0.25, -0.2) is 14.8 Å². The fourth-order valence-corrected chi connectivity index (χ4v) is 2.04. The molecule has 2 rings (SSSR count). The molecular formula is C16H22N6O3. The van der Waals surface area contributed by atoms with Gasteiger partial charge in [-0.2, -0.15) is 0 Å². The topological polar surface area (TPSA) is 139 Å². The van der Waals surface area contributed by atoms with E-state index >= 15 is 0 Å². The van der Waals surface area contributed by atoms with Crippen LogP contribution in [0.2, 0.25) is 0 Å². The molecule has 134 valence electrons. The molecule has 0 bridgehead atoms. The number of hydrogen-bond donors (Lipinski definition) is 4. The summed E-state index contributed by atoms with van der Waals surface area (Å²) in [6, 6.07) is 3.29. The van der Waals surface area contributed by atoms with Crippen molar-refractivity contribution in [3.05, 3.63) is 35.5 Å². The van der Waals surface area contributed by atoms with Crippen molar-refractivity contribution in [3.63, 3.8) is 0 Å². The Hall–Kier alpha value is -3.10. The summed E-state index contributed by atoms with van der Waals surface area (Å²) in [5.41, 5.74) is 5.68. The largest absolute Gasteiger partial charge is 0.458 e. The zero-order chi connectivity index (χ0) is 18.6. The lowest BCUT2D eigenvalue weighted by Gasteiger charge is -2.19. The van der Waals surface area contributed by atoms with E-state index in [2.05, 4.69) is 20.6 Å². The molecule has 5 N–H and O–H groups in total. The number of hydrogen-bond acceptors (Lipinski definition) is 8. The summed E-state index contributed by atoms with van der Waals surface area (Å²) in [5.74, 6) is 1.38. The molecule has 25 heavy (non-hydrogen) atoms. The molecular weight excluding hydrogens is 324 g/mol. The van der Waals surface area contributed by atoms with E-state index in [-0.39, 0.29) is 18.1 Å². The van der Waals surface area contributed by atoms with Crippen LogP contribution in [0.3, 0.4) is 0 Å². The lowest BCUT2D eigenvalue weighted by Crippen LogP contribution is -2.32. The summed E-state index contributed by atoms with van der Waals surface area (Å²) < 4.78 is 10.8. The molecule has 0 aliphatic carbocycles. The van der Waals surface area contributed by atoms with Gasteiger partial charge in [0, 0.05) is 7.05 Å². The standard InChI is InChI=1S/C16H22N6O3/c1-16(2,3)25-15(23)20-7-9-5-6-10(24-9)12(17)11-13(18)21-8-22-14(11)19-4/h5-6,8,17H,7H2,1-4H3,(H,20,23)(H3,18,19,21,22). The fraction of sp³-hybridized carbons (Fsp3) is 0.375. The first-order valence-corrected chi connectivity index (χ1v) is 7.64. The van der Waals surface area contributed by atoms with Gasteiger partial charge < -0.3 is 25.5 Å². The molecule has 0 aliphatic rings. The van der Waals surface area contributed by atoms with E-state index in [4.69, 9.17) is 20.3 Å². The van der Waals surface area contributed by atoms with Crippen molar-refractivity contribution in [3.8, 4) is 0 Å². The predicted octanol–water partition coefficient (Wildman–Crippen LogP) is 2.13. The van der Waals surface area contributed by atoms with E-state index < -0.39 is 11.7 Å². The van der Waals surface area contributed by atoms with Crippen LogP contribution in [0.25, 0.3) is 0 Å². The number of anilines is 2. The van der Waals surface area contributed by atoms with E-state index in [9.17, 15) is 4.79 Å². The summed E-state index contributed by atoms with van der Waals surface area (Å²) in [6.45, 7) is 5.49. The molecule has 2 heterocycles. The van der Waals surface area contributed by atoms with E-state index in [0.29, 0.717) is 22.9 Å². The van der Waals surface area contributed by atoms with Gasteiger partial charge in [0.25, 0.3) is 0 Å². The fourth-order valence-electron chi connectivity index (χ4n) is 2.04. The van der Waals surface area contributed by atoms with Gasteiger partial charge in [0.1, 0.15) is 35.0 Å². The van der Waals surface area contributed by atoms with Crippen LogP contribution in [0.1, 0.15) is 37.9 Å². The number of rotatable bonds is 5. The van der Waals surface area contributed by atoms with Gasteiger partial charge in [-0.1, -0.05) is 0 Å². The number of amides is 1. The first-order valence-electron chi connectivity index (χ1n) is 7.64. The molecule has 2 aromatic heterocycles. The monoisotopic (exact) mass is 346 g/mol. The Kier molecular flexibility index (Phi) is 5.26. The van der Waals surface area contributed by atoms with Crippen LogP contribution in [0.15, 0.2) is 22.9 Å². The van der Waals surface area contributed by atoms with Gasteiger partial charge >= 0.3 is 6.09 Å². The highest BCUT2D eigenvalue weighted by Gasteiger charge is 2.19. The minimum absolute atomic E-state index is 0.0472. The molecule has 1 amide bonds. The lowest BCUT2D eigenvalue weighted by atomic mass is 10.1. The van der Waals surface area contributed by atoms with Gasteiger partial charge in [-0.3, -0.25) is 5.41 Å². The maximum absolute atomic E-state index is 11.7. The number of nitrogen functional groups attached to an aromatic ring is 1. The number of aromatic nitrogens is 2. The van der Waals surface area contributed by atoms with Gasteiger partial charge in [0.05, 0.1) is 12.1 Å². The molecule has 0 saturated carbocycles. The van der Waals surface area contributed by atoms with Crippen molar-refractivity contribution in [2.45, 2.75) is 32.9 Å². The molecule has 0 atom stereocenters. The number of alkyl carbamates (subject to hydrolysis) is 1. The third-order valence-electron chi connectivity index (χ3n) is 3.08. The second-order valence-corrected chi connectivity index (χ2v) is 6.23. The summed E-state index contributed by atoms with van der Waals surface area (Å²) in [6.07, 6.45) is 0.773. The third-order valence-corrected chi connectivity index (χ3v) is 3.08. The minimum Gasteiger partial charge on any atom is -0.458 e. The summed E-state index contributed by atoms with van der Waals surface area (Å²) in [4.78, 5) is 19.6. The van der Waals surface area contributed by atoms with Crippen molar-refractivity contribution in [2.24, 2.45) is 0 Å². The number of ether oxygens (including phenoxy) is 1. The molecule has 0 fully saturated rings. The van der Waals surface area contributed by atoms with Gasteiger partial charge in [-0.15, -0.1) is 0 Å². The number of furan rings is 1. The molecule has 9 nitrogen and oxygen atoms in total. The van der Waals surface area contributed by atoms with Crippen molar-refractivity contribution < 1.29 is 13.9 Å². The molecule has 2 aromatic rings. The highest BCUT2D eigenvalue weighted by Crippen LogP contribution is 2.22. The van der Waals surface area contributed by atoms with E-state index in [1.54, 1.807) is 40.0 Å². The Morgan fingerprint density at radius 1 is 1.36 bits per heavy atom. The Balaban J connectivity index is 2.09. The Morgan fingerprint density at radius 3 is 2.72 bits per heavy atom. The average Bonchev–Trinajstić information content (AvgIpc) is 2.99. The van der Waals surface area contributed by atoms with E-state index in [1.165, 1.54) is 6.33 Å². The van der Waals surface area contributed by atoms with Crippen LogP contribution in [0.4, 0.5) is 16.4 Å². The van der Waals surface area contributed by atoms with Crippen LogP contribution in [-0.4, -0.2) is 34.4 Å². The SMILES string of the molecule is CNc1ncnc(N)c1C(=N)c1ccc(CNC(=O)OC(C)(C)C)o1. The van der Waals surface area contributed by atoms with Crippen LogP contribution in [0.5, 0.6) is 0 Å². The predicted molar refractivity (Wildman–Crippen MR) is 93.7 cm³/mol. The quantitative estimate of drug-likeness (QED) is 0.608. The van der Waals surface area contributed by atoms with Crippen molar-refractivity contribution in [2.75, 3.05) is 18.1 Å². The Morgan fingerprint density at radius 2 is 2.08 bits per heavy atom. The van der Waals surface area contributed by atoms with E-state index in [1.807, 2.05) is 0 Å². The number of carbonyl (C=O) groups is 1. The maximum atomic E-state index is 11.7. The summed E-state index contributed by atoms with van der Waals surface area (Å²) >= 11 is 0. The molecule has 0 radical (unpaired) electrons. The first kappa shape index (κ1) is 18.2. The number of nitrogens with one attached hydrogen (secondary N) is 3. The molecule has 0 aliphatic heterocycles. The summed E-state index contributed by atoms with van der Waals surface area (Å²) in [5, 5.41) is 13.8. The molecule has 0 unspecified atom stereocenters. The normalized spacial score (nSPS) is 11.0. The van der Waals surface area contributed by atoms with Crippen molar-refractivity contribution >= 4 is 23.4 Å². The zero-order valence-electron chi connectivity index (χ0n) is 14.6. The maximum Gasteiger partial charge on any atom is 0.408 e. The van der Waals surface area contributed by atoms with Crippen molar-refractivity contribution in [1.29, 1.82) is 5.41 Å². The molecule has 9 heteroatoms. The highest BCUT2D eigenvalue weighted by atomic mass is 16.6. The van der Waals surface area contributed by atoms with Crippen molar-refractivity contribution in [1.82, 2.24) is 15.3 Å². The number of carbonyl (C=O) groups excluding carboxylic acids is 1. The Bertz CT molecular complexity index is 778. The minimum atomic E-state index is -0.574. The van der Waals surface area contributed by atoms with Crippen LogP contribution in [0, 0.1) is 5.41 Å². The second kappa shape index (κ2) is 7.20. The summed E-state index contributed by atoms with van der Waals surface area (Å²) in [7, 11) is 1.68. The second-order valence-electron chi connectivity index (χ2n) is 6.23. The Labute approximate surface area is 145 Å². The molecule has 0 spiro atoms. The lowest BCUT2D eigenvalue weighted by molar-refractivity contribution is 0.0520. The van der Waals surface area contributed by atoms with Crippen LogP contribution < -0.4 is 16.4 Å². The molecule has 0 saturated heterocycles. The molecule has 0 aromatic carbocycles. The third kappa shape index (κ3) is 4.69.